The Balaban J connectivity index is 1.86. The maximum Gasteiger partial charge on any atom is 0.267 e. The van der Waals surface area contributed by atoms with Crippen LogP contribution in [-0.4, -0.2) is 37.6 Å². The fourth-order valence-electron chi connectivity index (χ4n) is 3.57. The lowest BCUT2D eigenvalue weighted by molar-refractivity contribution is -0.122. The average molecular weight is 471 g/mol. The number of carbonyl (C=O) groups excluding carboxylic acids is 1. The van der Waals surface area contributed by atoms with Gasteiger partial charge in [-0.2, -0.15) is 0 Å². The number of pyridine rings is 1. The number of hydrogen-bond donors (Lipinski definition) is 1. The number of nitrogens with zero attached hydrogens (tertiary/aromatic N) is 3. The van der Waals surface area contributed by atoms with E-state index in [0.29, 0.717) is 39.3 Å². The maximum atomic E-state index is 13.3. The number of amides is 1. The molecule has 1 amide bonds. The van der Waals surface area contributed by atoms with Gasteiger partial charge in [0, 0.05) is 19.3 Å². The molecule has 0 aliphatic carbocycles. The summed E-state index contributed by atoms with van der Waals surface area (Å²) < 4.78 is 2.05. The van der Waals surface area contributed by atoms with E-state index < -0.39 is 0 Å². The van der Waals surface area contributed by atoms with E-state index in [-0.39, 0.29) is 11.5 Å². The average Bonchev–Trinajstić information content (AvgIpc) is 3.04. The second kappa shape index (κ2) is 11.4. The Morgan fingerprint density at radius 3 is 2.69 bits per heavy atom. The van der Waals surface area contributed by atoms with Gasteiger partial charge in [0.15, 0.2) is 0 Å². The normalized spacial score (nSPS) is 15.2. The Hall–Kier alpha value is -2.45. The predicted octanol–water partition coefficient (Wildman–Crippen LogP) is 5.16. The van der Waals surface area contributed by atoms with Crippen molar-refractivity contribution >= 4 is 51.7 Å². The van der Waals surface area contributed by atoms with Crippen LogP contribution in [0.1, 0.15) is 56.6 Å². The van der Waals surface area contributed by atoms with E-state index in [0.717, 1.165) is 18.4 Å². The molecule has 0 unspecified atom stereocenters. The summed E-state index contributed by atoms with van der Waals surface area (Å²) in [5.74, 6) is 0.289. The Morgan fingerprint density at radius 1 is 1.19 bits per heavy atom. The molecular formula is C24H30N4O2S2. The third-order valence-electron chi connectivity index (χ3n) is 5.30. The van der Waals surface area contributed by atoms with Crippen molar-refractivity contribution in [2.24, 2.45) is 0 Å². The van der Waals surface area contributed by atoms with Gasteiger partial charge in [-0.1, -0.05) is 75.1 Å². The molecule has 0 spiro atoms. The van der Waals surface area contributed by atoms with E-state index in [4.69, 9.17) is 12.2 Å². The van der Waals surface area contributed by atoms with Crippen LogP contribution in [0.25, 0.3) is 11.7 Å². The van der Waals surface area contributed by atoms with E-state index in [1.807, 2.05) is 13.0 Å². The highest BCUT2D eigenvalue weighted by atomic mass is 32.2. The van der Waals surface area contributed by atoms with Gasteiger partial charge in [-0.25, -0.2) is 4.98 Å². The first-order chi connectivity index (χ1) is 15.5. The number of nitrogens with one attached hydrogen (secondary N) is 1. The third kappa shape index (κ3) is 5.66. The fraction of sp³-hybridized carbons (Fsp3) is 0.417. The number of aromatic nitrogens is 2. The van der Waals surface area contributed by atoms with E-state index >= 15 is 0 Å². The summed E-state index contributed by atoms with van der Waals surface area (Å²) in [5.41, 5.74) is 1.60. The molecule has 3 rings (SSSR count). The Bertz CT molecular complexity index is 1110. The van der Waals surface area contributed by atoms with Gasteiger partial charge in [-0.15, -0.1) is 6.58 Å². The van der Waals surface area contributed by atoms with E-state index in [1.54, 1.807) is 29.3 Å². The molecule has 1 aliphatic heterocycles. The molecule has 2 aromatic rings. The third-order valence-corrected chi connectivity index (χ3v) is 6.68. The van der Waals surface area contributed by atoms with Crippen LogP contribution < -0.4 is 10.9 Å². The molecule has 2 aromatic heterocycles. The zero-order chi connectivity index (χ0) is 23.1. The molecule has 8 heteroatoms. The molecule has 1 saturated heterocycles. The molecule has 0 saturated carbocycles. The first-order valence-corrected chi connectivity index (χ1v) is 12.3. The summed E-state index contributed by atoms with van der Waals surface area (Å²) >= 11 is 6.70. The van der Waals surface area contributed by atoms with Crippen LogP contribution in [0.15, 0.2) is 40.7 Å². The first-order valence-electron chi connectivity index (χ1n) is 11.1. The number of rotatable bonds is 11. The molecule has 0 bridgehead atoms. The van der Waals surface area contributed by atoms with E-state index in [9.17, 15) is 9.59 Å². The van der Waals surface area contributed by atoms with Crippen LogP contribution in [0.2, 0.25) is 0 Å². The summed E-state index contributed by atoms with van der Waals surface area (Å²) in [6.45, 7) is 8.90. The minimum atomic E-state index is -0.230. The number of hydrogen-bond acceptors (Lipinski definition) is 6. The van der Waals surface area contributed by atoms with Crippen molar-refractivity contribution in [3.63, 3.8) is 0 Å². The second-order valence-corrected chi connectivity index (χ2v) is 9.56. The Morgan fingerprint density at radius 2 is 1.94 bits per heavy atom. The van der Waals surface area contributed by atoms with Crippen LogP contribution in [0, 0.1) is 6.92 Å². The van der Waals surface area contributed by atoms with Crippen LogP contribution in [-0.2, 0) is 4.79 Å². The standard InChI is InChI=1S/C24H30N4O2S2/c1-4-6-7-8-9-10-14-27-23(30)19(32-24(27)31)15-18-21(25-13-5-2)26-20-12-11-17(3)16-28(20)22(18)29/h5,11-12,15-16,25H,2,4,6-10,13-14H2,1,3H3/b19-15+. The van der Waals surface area contributed by atoms with Gasteiger partial charge >= 0.3 is 0 Å². The molecule has 3 heterocycles. The molecule has 0 radical (unpaired) electrons. The first kappa shape index (κ1) is 24.2. The van der Waals surface area contributed by atoms with Crippen molar-refractivity contribution in [2.75, 3.05) is 18.4 Å². The topological polar surface area (TPSA) is 66.7 Å². The van der Waals surface area contributed by atoms with Gasteiger partial charge in [0.2, 0.25) is 0 Å². The summed E-state index contributed by atoms with van der Waals surface area (Å²) in [5, 5.41) is 3.13. The monoisotopic (exact) mass is 470 g/mol. The minimum absolute atomic E-state index is 0.142. The van der Waals surface area contributed by atoms with Crippen LogP contribution in [0.5, 0.6) is 0 Å². The number of carbonyl (C=O) groups is 1. The fourth-order valence-corrected chi connectivity index (χ4v) is 4.86. The summed E-state index contributed by atoms with van der Waals surface area (Å²) in [6, 6.07) is 3.71. The van der Waals surface area contributed by atoms with Crippen LogP contribution in [0.3, 0.4) is 0 Å². The molecule has 1 fully saturated rings. The van der Waals surface area contributed by atoms with Crippen molar-refractivity contribution < 1.29 is 4.79 Å². The van der Waals surface area contributed by atoms with Gasteiger partial charge in [-0.3, -0.25) is 18.9 Å². The molecule has 0 aromatic carbocycles. The Kier molecular flexibility index (Phi) is 8.64. The molecule has 32 heavy (non-hydrogen) atoms. The van der Waals surface area contributed by atoms with Gasteiger partial charge in [0.1, 0.15) is 15.8 Å². The second-order valence-electron chi connectivity index (χ2n) is 7.88. The van der Waals surface area contributed by atoms with E-state index in [2.05, 4.69) is 23.8 Å². The smallest absolute Gasteiger partial charge is 0.267 e. The van der Waals surface area contributed by atoms with Gasteiger partial charge in [0.05, 0.1) is 10.5 Å². The number of unbranched alkanes of at least 4 members (excludes halogenated alkanes) is 5. The zero-order valence-electron chi connectivity index (χ0n) is 18.7. The largest absolute Gasteiger partial charge is 0.366 e. The highest BCUT2D eigenvalue weighted by Crippen LogP contribution is 2.33. The highest BCUT2D eigenvalue weighted by Gasteiger charge is 2.32. The minimum Gasteiger partial charge on any atom is -0.366 e. The SMILES string of the molecule is C=CCNc1nc2ccc(C)cn2c(=O)c1/C=C1/SC(=S)N(CCCCCCCC)C1=O. The highest BCUT2D eigenvalue weighted by molar-refractivity contribution is 8.26. The van der Waals surface area contributed by atoms with Gasteiger partial charge in [0.25, 0.3) is 11.5 Å². The lowest BCUT2D eigenvalue weighted by Crippen LogP contribution is -2.29. The lowest BCUT2D eigenvalue weighted by atomic mass is 10.1. The molecule has 170 valence electrons. The van der Waals surface area contributed by atoms with Crippen LogP contribution >= 0.6 is 24.0 Å². The van der Waals surface area contributed by atoms with Gasteiger partial charge in [-0.05, 0) is 31.1 Å². The van der Waals surface area contributed by atoms with Crippen LogP contribution in [0.4, 0.5) is 5.82 Å². The lowest BCUT2D eigenvalue weighted by Gasteiger charge is -2.14. The number of thioether (sulfide) groups is 1. The number of thiocarbonyl (C=S) groups is 1. The van der Waals surface area contributed by atoms with E-state index in [1.165, 1.54) is 41.8 Å². The predicted molar refractivity (Wildman–Crippen MR) is 138 cm³/mol. The molecule has 0 atom stereocenters. The summed E-state index contributed by atoms with van der Waals surface area (Å²) in [4.78, 5) is 33.0. The Labute approximate surface area is 198 Å². The number of fused-ring (bicyclic) bond motifs is 1. The van der Waals surface area contributed by atoms with Crippen molar-refractivity contribution in [3.8, 4) is 0 Å². The van der Waals surface area contributed by atoms with Crippen molar-refractivity contribution in [2.45, 2.75) is 52.4 Å². The molecular weight excluding hydrogens is 440 g/mol. The van der Waals surface area contributed by atoms with Gasteiger partial charge < -0.3 is 5.32 Å². The molecule has 1 N–H and O–H groups in total. The molecule has 6 nitrogen and oxygen atoms in total. The summed E-state index contributed by atoms with van der Waals surface area (Å²) in [7, 11) is 0. The van der Waals surface area contributed by atoms with Crippen molar-refractivity contribution in [3.05, 3.63) is 57.4 Å². The quantitative estimate of drug-likeness (QED) is 0.212. The number of anilines is 1. The van der Waals surface area contributed by atoms with Crippen molar-refractivity contribution in [1.29, 1.82) is 0 Å². The van der Waals surface area contributed by atoms with Crippen molar-refractivity contribution in [1.82, 2.24) is 14.3 Å². The summed E-state index contributed by atoms with van der Waals surface area (Å²) in [6.07, 6.45) is 12.0. The zero-order valence-corrected chi connectivity index (χ0v) is 20.4. The number of aryl methyl sites for hydroxylation is 1. The molecule has 1 aliphatic rings. The maximum absolute atomic E-state index is 13.3.